The standard InChI is InChI=1S/C21H26N6O2S/c1-13-12-29-7-6-26(13)19-8-17(21(28)9-14-2-3-15(10-21)30-14)16-11-23-27(20(16)24-19)18-4-5-22-25-18/h4-5,8,11,13-15,28H,2-3,6-7,9-10,12H2,1H3,(H,22,25)/t13-,14-,15+,21?/m1/s1. The van der Waals surface area contributed by atoms with Gasteiger partial charge >= 0.3 is 0 Å². The summed E-state index contributed by atoms with van der Waals surface area (Å²) < 4.78 is 7.43. The van der Waals surface area contributed by atoms with E-state index in [1.165, 1.54) is 12.8 Å². The van der Waals surface area contributed by atoms with E-state index in [-0.39, 0.29) is 6.04 Å². The zero-order valence-electron chi connectivity index (χ0n) is 17.0. The Morgan fingerprint density at radius 3 is 2.87 bits per heavy atom. The predicted molar refractivity (Wildman–Crippen MR) is 116 cm³/mol. The Kier molecular flexibility index (Phi) is 4.33. The zero-order chi connectivity index (χ0) is 20.3. The van der Waals surface area contributed by atoms with Gasteiger partial charge in [-0.3, -0.25) is 5.10 Å². The quantitative estimate of drug-likeness (QED) is 0.665. The summed E-state index contributed by atoms with van der Waals surface area (Å²) in [5.41, 5.74) is 0.873. The number of pyridine rings is 1. The van der Waals surface area contributed by atoms with Gasteiger partial charge in [-0.05, 0) is 44.2 Å². The molecule has 0 aromatic carbocycles. The highest BCUT2D eigenvalue weighted by Crippen LogP contribution is 2.52. The molecule has 0 aliphatic carbocycles. The van der Waals surface area contributed by atoms with Crippen LogP contribution in [0.25, 0.3) is 16.9 Å². The SMILES string of the molecule is C[C@@H]1COCCN1c1cc(C2(O)C[C@H]3CC[C@@H](C2)S3)c2cnn(-c3ccn[nH]3)c2n1. The molecule has 3 aromatic heterocycles. The summed E-state index contributed by atoms with van der Waals surface area (Å²) in [6.45, 7) is 4.31. The molecular formula is C21H26N6O2S. The second kappa shape index (κ2) is 6.96. The molecule has 0 amide bonds. The Hall–Kier alpha value is -2.10. The van der Waals surface area contributed by atoms with Crippen LogP contribution in [-0.2, 0) is 10.3 Å². The summed E-state index contributed by atoms with van der Waals surface area (Å²) in [7, 11) is 0. The third-order valence-corrected chi connectivity index (χ3v) is 8.31. The van der Waals surface area contributed by atoms with Gasteiger partial charge in [-0.1, -0.05) is 0 Å². The Morgan fingerprint density at radius 2 is 2.13 bits per heavy atom. The average Bonchev–Trinajstić information content (AvgIpc) is 3.47. The van der Waals surface area contributed by atoms with Gasteiger partial charge in [0, 0.05) is 28.5 Å². The summed E-state index contributed by atoms with van der Waals surface area (Å²) in [4.78, 5) is 7.30. The molecule has 3 aromatic rings. The van der Waals surface area contributed by atoms with E-state index in [1.807, 2.05) is 12.3 Å². The third kappa shape index (κ3) is 2.94. The van der Waals surface area contributed by atoms with E-state index >= 15 is 0 Å². The fraction of sp³-hybridized carbons (Fsp3) is 0.571. The first-order valence-electron chi connectivity index (χ1n) is 10.7. The van der Waals surface area contributed by atoms with E-state index in [0.717, 1.165) is 47.6 Å². The summed E-state index contributed by atoms with van der Waals surface area (Å²) in [6.07, 6.45) is 7.54. The van der Waals surface area contributed by atoms with Crippen molar-refractivity contribution in [1.82, 2.24) is 25.0 Å². The van der Waals surface area contributed by atoms with E-state index in [2.05, 4.69) is 44.9 Å². The van der Waals surface area contributed by atoms with Crippen molar-refractivity contribution in [3.63, 3.8) is 0 Å². The minimum Gasteiger partial charge on any atom is -0.385 e. The summed E-state index contributed by atoms with van der Waals surface area (Å²) in [5.74, 6) is 1.65. The highest BCUT2D eigenvalue weighted by Gasteiger charge is 2.45. The fourth-order valence-corrected chi connectivity index (χ4v) is 7.10. The van der Waals surface area contributed by atoms with E-state index in [9.17, 15) is 5.11 Å². The van der Waals surface area contributed by atoms with E-state index in [1.54, 1.807) is 10.9 Å². The molecule has 4 atom stereocenters. The number of nitrogens with zero attached hydrogens (tertiary/aromatic N) is 5. The largest absolute Gasteiger partial charge is 0.385 e. The molecule has 9 heteroatoms. The van der Waals surface area contributed by atoms with Gasteiger partial charge in [0.1, 0.15) is 5.82 Å². The van der Waals surface area contributed by atoms with Gasteiger partial charge in [0.2, 0.25) is 0 Å². The Balaban J connectivity index is 1.54. The van der Waals surface area contributed by atoms with E-state index in [0.29, 0.717) is 23.7 Å². The molecule has 0 spiro atoms. The first-order valence-corrected chi connectivity index (χ1v) is 11.7. The molecule has 0 saturated carbocycles. The molecule has 3 aliphatic rings. The van der Waals surface area contributed by atoms with Crippen LogP contribution in [0.2, 0.25) is 0 Å². The number of anilines is 1. The lowest BCUT2D eigenvalue weighted by Crippen LogP contribution is -2.44. The van der Waals surface area contributed by atoms with Crippen molar-refractivity contribution in [1.29, 1.82) is 0 Å². The molecule has 6 heterocycles. The Bertz CT molecular complexity index is 1060. The van der Waals surface area contributed by atoms with Gasteiger partial charge < -0.3 is 14.7 Å². The lowest BCUT2D eigenvalue weighted by atomic mass is 9.84. The molecule has 3 fully saturated rings. The summed E-state index contributed by atoms with van der Waals surface area (Å²) >= 11 is 2.05. The maximum atomic E-state index is 11.9. The summed E-state index contributed by atoms with van der Waals surface area (Å²) in [6, 6.07) is 4.22. The van der Waals surface area contributed by atoms with Gasteiger partial charge in [-0.2, -0.15) is 26.6 Å². The number of hydrogen-bond acceptors (Lipinski definition) is 7. The first-order chi connectivity index (χ1) is 14.6. The number of ether oxygens (including phenoxy) is 1. The first kappa shape index (κ1) is 18.7. The number of aromatic amines is 1. The molecule has 8 nitrogen and oxygen atoms in total. The molecule has 158 valence electrons. The maximum absolute atomic E-state index is 11.9. The lowest BCUT2D eigenvalue weighted by molar-refractivity contribution is 0.0210. The molecule has 30 heavy (non-hydrogen) atoms. The van der Waals surface area contributed by atoms with Crippen LogP contribution >= 0.6 is 11.8 Å². The maximum Gasteiger partial charge on any atom is 0.167 e. The van der Waals surface area contributed by atoms with Gasteiger partial charge in [-0.25, -0.2) is 4.98 Å². The number of morpholine rings is 1. The average molecular weight is 427 g/mol. The minimum absolute atomic E-state index is 0.229. The van der Waals surface area contributed by atoms with Crippen molar-refractivity contribution in [3.05, 3.63) is 30.1 Å². The highest BCUT2D eigenvalue weighted by atomic mass is 32.2. The topological polar surface area (TPSA) is 92.1 Å². The molecule has 2 bridgehead atoms. The summed E-state index contributed by atoms with van der Waals surface area (Å²) in [5, 5.41) is 25.6. The van der Waals surface area contributed by atoms with Crippen LogP contribution in [0.5, 0.6) is 0 Å². The van der Waals surface area contributed by atoms with Crippen molar-refractivity contribution < 1.29 is 9.84 Å². The van der Waals surface area contributed by atoms with Crippen molar-refractivity contribution in [2.45, 2.75) is 54.7 Å². The molecular weight excluding hydrogens is 400 g/mol. The number of fused-ring (bicyclic) bond motifs is 3. The number of H-pyrrole nitrogens is 1. The second-order valence-electron chi connectivity index (χ2n) is 8.78. The monoisotopic (exact) mass is 426 g/mol. The van der Waals surface area contributed by atoms with Crippen LogP contribution in [0.4, 0.5) is 5.82 Å². The number of aromatic nitrogens is 5. The number of rotatable bonds is 3. The molecule has 3 aliphatic heterocycles. The molecule has 2 N–H and O–H groups in total. The highest BCUT2D eigenvalue weighted by molar-refractivity contribution is 8.00. The normalized spacial score (nSPS) is 31.5. The van der Waals surface area contributed by atoms with Gasteiger partial charge in [0.25, 0.3) is 0 Å². The fourth-order valence-electron chi connectivity index (χ4n) is 5.27. The van der Waals surface area contributed by atoms with Crippen molar-refractivity contribution in [2.24, 2.45) is 0 Å². The third-order valence-electron chi connectivity index (χ3n) is 6.73. The number of hydrogen-bond donors (Lipinski definition) is 2. The predicted octanol–water partition coefficient (Wildman–Crippen LogP) is 2.61. The molecule has 3 saturated heterocycles. The van der Waals surface area contributed by atoms with E-state index < -0.39 is 5.60 Å². The van der Waals surface area contributed by atoms with Gasteiger partial charge in [-0.15, -0.1) is 0 Å². The van der Waals surface area contributed by atoms with Crippen molar-refractivity contribution in [2.75, 3.05) is 24.7 Å². The van der Waals surface area contributed by atoms with Crippen LogP contribution in [0.1, 0.15) is 38.2 Å². The number of thioether (sulfide) groups is 1. The molecule has 1 unspecified atom stereocenters. The number of nitrogens with one attached hydrogen (secondary N) is 1. The van der Waals surface area contributed by atoms with Crippen LogP contribution in [-0.4, -0.2) is 66.4 Å². The van der Waals surface area contributed by atoms with Crippen molar-refractivity contribution in [3.8, 4) is 5.82 Å². The minimum atomic E-state index is -0.843. The van der Waals surface area contributed by atoms with Crippen LogP contribution in [0.15, 0.2) is 24.5 Å². The molecule has 0 radical (unpaired) electrons. The smallest absolute Gasteiger partial charge is 0.167 e. The van der Waals surface area contributed by atoms with E-state index in [4.69, 9.17) is 9.72 Å². The van der Waals surface area contributed by atoms with Crippen LogP contribution in [0.3, 0.4) is 0 Å². The molecule has 6 rings (SSSR count). The number of aliphatic hydroxyl groups is 1. The van der Waals surface area contributed by atoms with Crippen LogP contribution < -0.4 is 4.90 Å². The van der Waals surface area contributed by atoms with Crippen LogP contribution in [0, 0.1) is 0 Å². The Morgan fingerprint density at radius 1 is 1.30 bits per heavy atom. The zero-order valence-corrected chi connectivity index (χ0v) is 17.8. The van der Waals surface area contributed by atoms with Crippen molar-refractivity contribution >= 4 is 28.6 Å². The van der Waals surface area contributed by atoms with Gasteiger partial charge in [0.05, 0.1) is 37.3 Å². The lowest BCUT2D eigenvalue weighted by Gasteiger charge is -2.38. The second-order valence-corrected chi connectivity index (χ2v) is 10.4. The van der Waals surface area contributed by atoms with Gasteiger partial charge in [0.15, 0.2) is 11.5 Å². The Labute approximate surface area is 179 Å².